The van der Waals surface area contributed by atoms with E-state index in [2.05, 4.69) is 71.9 Å². The van der Waals surface area contributed by atoms with Gasteiger partial charge in [-0.25, -0.2) is 0 Å². The highest BCUT2D eigenvalue weighted by molar-refractivity contribution is 5.44. The molecule has 2 aromatic carbocycles. The van der Waals surface area contributed by atoms with Crippen LogP contribution in [0.3, 0.4) is 0 Å². The summed E-state index contributed by atoms with van der Waals surface area (Å²) in [6.45, 7) is 3.29. The molecule has 1 aromatic heterocycles. The van der Waals surface area contributed by atoms with Gasteiger partial charge in [0, 0.05) is 25.8 Å². The molecule has 3 heterocycles. The minimum atomic E-state index is 0.108. The second kappa shape index (κ2) is 9.08. The zero-order valence-electron chi connectivity index (χ0n) is 19.4. The number of aromatic nitrogens is 2. The highest BCUT2D eigenvalue weighted by Crippen LogP contribution is 2.45. The van der Waals surface area contributed by atoms with Crippen molar-refractivity contribution in [2.75, 3.05) is 13.7 Å². The smallest absolute Gasteiger partial charge is 0.119 e. The molecule has 32 heavy (non-hydrogen) atoms. The maximum atomic E-state index is 5.59. The van der Waals surface area contributed by atoms with Crippen molar-refractivity contribution < 1.29 is 4.74 Å². The molecule has 1 unspecified atom stereocenters. The Balaban J connectivity index is 1.66. The Morgan fingerprint density at radius 3 is 2.75 bits per heavy atom. The third-order valence-corrected chi connectivity index (χ3v) is 7.11. The van der Waals surface area contributed by atoms with Gasteiger partial charge in [0.15, 0.2) is 0 Å². The fraction of sp³-hybridized carbons (Fsp3) is 0.444. The van der Waals surface area contributed by atoms with Gasteiger partial charge >= 0.3 is 0 Å². The fourth-order valence-corrected chi connectivity index (χ4v) is 5.57. The summed E-state index contributed by atoms with van der Waals surface area (Å²) < 4.78 is 7.51. The lowest BCUT2D eigenvalue weighted by atomic mass is 9.82. The zero-order chi connectivity index (χ0) is 22.1. The minimum absolute atomic E-state index is 0.108. The van der Waals surface area contributed by atoms with E-state index < -0.39 is 0 Å². The predicted molar refractivity (Wildman–Crippen MR) is 128 cm³/mol. The Kier molecular flexibility index (Phi) is 6.03. The van der Waals surface area contributed by atoms with E-state index >= 15 is 0 Å². The summed E-state index contributed by atoms with van der Waals surface area (Å²) in [4.78, 5) is 2.73. The van der Waals surface area contributed by atoms with E-state index in [-0.39, 0.29) is 12.2 Å². The van der Waals surface area contributed by atoms with Crippen LogP contribution < -0.4 is 10.1 Å². The zero-order valence-corrected chi connectivity index (χ0v) is 19.4. The first-order valence-corrected chi connectivity index (χ1v) is 11.9. The molecule has 2 aliphatic rings. The average Bonchev–Trinajstić information content (AvgIpc) is 3.26. The summed E-state index contributed by atoms with van der Waals surface area (Å²) in [5.74, 6) is 0.937. The van der Waals surface area contributed by atoms with Gasteiger partial charge in [0.05, 0.1) is 25.0 Å². The summed E-state index contributed by atoms with van der Waals surface area (Å²) in [6, 6.07) is 18.3. The Bertz CT molecular complexity index is 1080. The fourth-order valence-electron chi connectivity index (χ4n) is 5.57. The van der Waals surface area contributed by atoms with E-state index in [1.54, 1.807) is 7.11 Å². The third kappa shape index (κ3) is 3.84. The number of benzene rings is 2. The lowest BCUT2D eigenvalue weighted by molar-refractivity contribution is 0.0510. The third-order valence-electron chi connectivity index (χ3n) is 7.11. The SMILES string of the molecule is CCCC[C@H]1Cc2cc(OC)ccc2[C@H](c2ccn(C)n2)N1C1NCCc2ccccc21. The van der Waals surface area contributed by atoms with Gasteiger partial charge in [0.2, 0.25) is 0 Å². The molecular formula is C27H34N4O. The number of aryl methyl sites for hydroxylation is 1. The monoisotopic (exact) mass is 430 g/mol. The van der Waals surface area contributed by atoms with Gasteiger partial charge in [0.1, 0.15) is 5.75 Å². The molecular weight excluding hydrogens is 396 g/mol. The Hall–Kier alpha value is -2.63. The maximum Gasteiger partial charge on any atom is 0.119 e. The van der Waals surface area contributed by atoms with Crippen LogP contribution in [-0.2, 0) is 19.9 Å². The van der Waals surface area contributed by atoms with Gasteiger partial charge in [-0.05, 0) is 59.7 Å². The molecule has 0 aliphatic carbocycles. The number of fused-ring (bicyclic) bond motifs is 2. The standard InChI is InChI=1S/C27H34N4O/c1-4-5-9-21-17-20-18-22(32-3)11-12-23(20)26(25-14-16-30(2)29-25)31(21)27-24-10-7-6-8-19(24)13-15-28-27/h6-8,10-12,14,16,18,21,26-28H,4-5,9,13,15,17H2,1-3H3/t21-,26+,27?/m0/s1. The van der Waals surface area contributed by atoms with Crippen molar-refractivity contribution in [2.24, 2.45) is 7.05 Å². The summed E-state index contributed by atoms with van der Waals surface area (Å²) in [5.41, 5.74) is 6.73. The summed E-state index contributed by atoms with van der Waals surface area (Å²) >= 11 is 0. The molecule has 3 atom stereocenters. The van der Waals surface area contributed by atoms with Crippen LogP contribution in [0.5, 0.6) is 5.75 Å². The lowest BCUT2D eigenvalue weighted by Crippen LogP contribution is -2.52. The number of hydrogen-bond acceptors (Lipinski definition) is 4. The predicted octanol–water partition coefficient (Wildman–Crippen LogP) is 4.78. The normalized spacial score (nSPS) is 22.9. The molecule has 0 bridgehead atoms. The van der Waals surface area contributed by atoms with Crippen LogP contribution in [0.25, 0.3) is 0 Å². The van der Waals surface area contributed by atoms with Crippen LogP contribution in [0.15, 0.2) is 54.7 Å². The van der Waals surface area contributed by atoms with Crippen molar-refractivity contribution in [3.8, 4) is 5.75 Å². The number of methoxy groups -OCH3 is 1. The Morgan fingerprint density at radius 2 is 1.97 bits per heavy atom. The van der Waals surface area contributed by atoms with Gasteiger partial charge in [-0.1, -0.05) is 50.1 Å². The molecule has 0 radical (unpaired) electrons. The van der Waals surface area contributed by atoms with Crippen molar-refractivity contribution in [2.45, 2.75) is 57.3 Å². The van der Waals surface area contributed by atoms with Gasteiger partial charge in [-0.15, -0.1) is 0 Å². The van der Waals surface area contributed by atoms with Gasteiger partial charge in [0.25, 0.3) is 0 Å². The van der Waals surface area contributed by atoms with Crippen molar-refractivity contribution in [3.05, 3.63) is 82.7 Å². The quantitative estimate of drug-likeness (QED) is 0.611. The van der Waals surface area contributed by atoms with E-state index in [4.69, 9.17) is 9.84 Å². The highest BCUT2D eigenvalue weighted by Gasteiger charge is 2.42. The Morgan fingerprint density at radius 1 is 1.09 bits per heavy atom. The van der Waals surface area contributed by atoms with E-state index in [9.17, 15) is 0 Å². The maximum absolute atomic E-state index is 5.59. The first-order chi connectivity index (χ1) is 15.7. The van der Waals surface area contributed by atoms with E-state index in [1.165, 1.54) is 41.5 Å². The molecule has 0 spiro atoms. The number of ether oxygens (including phenoxy) is 1. The Labute approximate surface area is 191 Å². The molecule has 0 amide bonds. The number of unbranched alkanes of at least 4 members (excludes halogenated alkanes) is 1. The first-order valence-electron chi connectivity index (χ1n) is 11.9. The van der Waals surface area contributed by atoms with Crippen LogP contribution in [0.2, 0.25) is 0 Å². The van der Waals surface area contributed by atoms with Gasteiger partial charge in [-0.2, -0.15) is 5.10 Å². The largest absolute Gasteiger partial charge is 0.497 e. The second-order valence-corrected chi connectivity index (χ2v) is 9.13. The van der Waals surface area contributed by atoms with Crippen LogP contribution in [0.1, 0.15) is 66.3 Å². The molecule has 0 saturated carbocycles. The lowest BCUT2D eigenvalue weighted by Gasteiger charge is -2.49. The van der Waals surface area contributed by atoms with Crippen LogP contribution in [0.4, 0.5) is 0 Å². The molecule has 3 aromatic rings. The number of nitrogens with one attached hydrogen (secondary N) is 1. The number of rotatable bonds is 6. The average molecular weight is 431 g/mol. The summed E-state index contributed by atoms with van der Waals surface area (Å²) in [6.07, 6.45) is 7.98. The molecule has 168 valence electrons. The first kappa shape index (κ1) is 21.2. The van der Waals surface area contributed by atoms with Crippen molar-refractivity contribution in [3.63, 3.8) is 0 Å². The molecule has 1 N–H and O–H groups in total. The van der Waals surface area contributed by atoms with Crippen molar-refractivity contribution >= 4 is 0 Å². The number of nitrogens with zero attached hydrogens (tertiary/aromatic N) is 3. The molecule has 5 rings (SSSR count). The van der Waals surface area contributed by atoms with Crippen LogP contribution >= 0.6 is 0 Å². The van der Waals surface area contributed by atoms with Gasteiger partial charge < -0.3 is 4.74 Å². The topological polar surface area (TPSA) is 42.3 Å². The molecule has 5 heteroatoms. The second-order valence-electron chi connectivity index (χ2n) is 9.13. The van der Waals surface area contributed by atoms with E-state index in [0.717, 1.165) is 30.8 Å². The van der Waals surface area contributed by atoms with Crippen LogP contribution in [0, 0.1) is 0 Å². The number of hydrogen-bond donors (Lipinski definition) is 1. The summed E-state index contributed by atoms with van der Waals surface area (Å²) in [7, 11) is 3.76. The minimum Gasteiger partial charge on any atom is -0.497 e. The van der Waals surface area contributed by atoms with E-state index in [0.29, 0.717) is 6.04 Å². The van der Waals surface area contributed by atoms with Crippen molar-refractivity contribution in [1.29, 1.82) is 0 Å². The molecule has 0 saturated heterocycles. The molecule has 0 fully saturated rings. The molecule has 5 nitrogen and oxygen atoms in total. The van der Waals surface area contributed by atoms with Crippen molar-refractivity contribution in [1.82, 2.24) is 20.0 Å². The molecule has 2 aliphatic heterocycles. The highest BCUT2D eigenvalue weighted by atomic mass is 16.5. The van der Waals surface area contributed by atoms with E-state index in [1.807, 2.05) is 11.7 Å². The van der Waals surface area contributed by atoms with Crippen LogP contribution in [-0.4, -0.2) is 34.4 Å². The summed E-state index contributed by atoms with van der Waals surface area (Å²) in [5, 5.41) is 8.79. The van der Waals surface area contributed by atoms with Gasteiger partial charge in [-0.3, -0.25) is 14.9 Å².